The largest absolute Gasteiger partial charge is 0.258 e. The molecule has 0 aliphatic carbocycles. The highest BCUT2D eigenvalue weighted by molar-refractivity contribution is 7.86. The monoisotopic (exact) mass is 173 g/mol. The Balaban J connectivity index is 4.16. The van der Waals surface area contributed by atoms with Crippen LogP contribution in [0.2, 0.25) is 0 Å². The first kappa shape index (κ1) is 10.6. The zero-order valence-corrected chi connectivity index (χ0v) is 8.31. The maximum absolute atomic E-state index is 11.4. The number of nitrogens with zero attached hydrogens (tertiary/aromatic N) is 1. The topological polar surface area (TPSA) is 40.9 Å². The van der Waals surface area contributed by atoms with E-state index in [1.54, 1.807) is 6.92 Å². The summed E-state index contributed by atoms with van der Waals surface area (Å²) in [6.07, 6.45) is 0. The van der Waals surface area contributed by atoms with Crippen LogP contribution in [0.5, 0.6) is 0 Å². The maximum Gasteiger partial charge on any atom is 0.119 e. The van der Waals surface area contributed by atoms with Crippen molar-refractivity contribution in [3.8, 4) is 6.07 Å². The fourth-order valence-electron chi connectivity index (χ4n) is 0.642. The molecule has 0 saturated heterocycles. The maximum atomic E-state index is 11.4. The van der Waals surface area contributed by atoms with Gasteiger partial charge in [-0.25, -0.2) is 0 Å². The van der Waals surface area contributed by atoms with E-state index >= 15 is 0 Å². The van der Waals surface area contributed by atoms with Gasteiger partial charge in [0.15, 0.2) is 0 Å². The second kappa shape index (κ2) is 4.50. The molecule has 0 aliphatic rings. The minimum absolute atomic E-state index is 0.115. The molecule has 64 valence electrons. The molecule has 0 radical (unpaired) electrons. The van der Waals surface area contributed by atoms with Crippen molar-refractivity contribution in [2.75, 3.05) is 0 Å². The molecule has 0 aliphatic heterocycles. The van der Waals surface area contributed by atoms with Gasteiger partial charge >= 0.3 is 0 Å². The summed E-state index contributed by atoms with van der Waals surface area (Å²) >= 11 is 0. The predicted octanol–water partition coefficient (Wildman–Crippen LogP) is 1.69. The summed E-state index contributed by atoms with van der Waals surface area (Å²) in [7, 11) is -1.00. The average molecular weight is 173 g/mol. The van der Waals surface area contributed by atoms with Crippen LogP contribution < -0.4 is 0 Å². The quantitative estimate of drug-likeness (QED) is 0.651. The Morgan fingerprint density at radius 2 is 1.73 bits per heavy atom. The first-order valence-corrected chi connectivity index (χ1v) is 5.07. The lowest BCUT2D eigenvalue weighted by molar-refractivity contribution is 0.603. The predicted molar refractivity (Wildman–Crippen MR) is 47.5 cm³/mol. The van der Waals surface area contributed by atoms with Crippen molar-refractivity contribution in [2.24, 2.45) is 5.92 Å². The molecule has 0 amide bonds. The van der Waals surface area contributed by atoms with Crippen molar-refractivity contribution in [3.63, 3.8) is 0 Å². The van der Waals surface area contributed by atoms with Gasteiger partial charge in [0, 0.05) is 16.0 Å². The van der Waals surface area contributed by atoms with Crippen LogP contribution in [0.3, 0.4) is 0 Å². The second-order valence-electron chi connectivity index (χ2n) is 3.05. The highest BCUT2D eigenvalue weighted by Gasteiger charge is 2.19. The number of rotatable bonds is 3. The highest BCUT2D eigenvalue weighted by Crippen LogP contribution is 2.11. The van der Waals surface area contributed by atoms with Crippen molar-refractivity contribution in [3.05, 3.63) is 0 Å². The molecule has 0 aromatic rings. The third kappa shape index (κ3) is 3.02. The first-order chi connectivity index (χ1) is 5.00. The van der Waals surface area contributed by atoms with Gasteiger partial charge in [0.1, 0.15) is 5.25 Å². The van der Waals surface area contributed by atoms with Gasteiger partial charge in [-0.3, -0.25) is 4.21 Å². The Morgan fingerprint density at radius 1 is 1.27 bits per heavy atom. The van der Waals surface area contributed by atoms with E-state index in [1.165, 1.54) is 0 Å². The summed E-state index contributed by atoms with van der Waals surface area (Å²) < 4.78 is 11.4. The van der Waals surface area contributed by atoms with Crippen LogP contribution in [0, 0.1) is 17.2 Å². The SMILES string of the molecule is CC(C)C(C)S(=O)C(C)C#N. The standard InChI is InChI=1S/C8H15NOS/c1-6(2)8(4)11(10)7(3)5-9/h6-8H,1-4H3. The average Bonchev–Trinajstić information content (AvgIpc) is 2.00. The molecule has 0 bridgehead atoms. The van der Waals surface area contributed by atoms with Crippen LogP contribution in [-0.4, -0.2) is 14.7 Å². The van der Waals surface area contributed by atoms with Crippen LogP contribution >= 0.6 is 0 Å². The summed E-state index contributed by atoms with van der Waals surface area (Å²) in [6, 6.07) is 2.00. The van der Waals surface area contributed by atoms with Gasteiger partial charge in [0.25, 0.3) is 0 Å². The smallest absolute Gasteiger partial charge is 0.119 e. The minimum atomic E-state index is -1.00. The zero-order chi connectivity index (χ0) is 9.02. The van der Waals surface area contributed by atoms with Gasteiger partial charge in [-0.15, -0.1) is 0 Å². The lowest BCUT2D eigenvalue weighted by Crippen LogP contribution is -2.24. The van der Waals surface area contributed by atoms with Crippen LogP contribution in [0.15, 0.2) is 0 Å². The van der Waals surface area contributed by atoms with Gasteiger partial charge in [-0.2, -0.15) is 5.26 Å². The van der Waals surface area contributed by atoms with Crippen molar-refractivity contribution < 1.29 is 4.21 Å². The van der Waals surface area contributed by atoms with Crippen molar-refractivity contribution in [1.82, 2.24) is 0 Å². The lowest BCUT2D eigenvalue weighted by Gasteiger charge is -2.15. The van der Waals surface area contributed by atoms with Crippen LogP contribution in [-0.2, 0) is 10.8 Å². The molecule has 0 rings (SSSR count). The molecular formula is C8H15NOS. The van der Waals surface area contributed by atoms with E-state index in [0.717, 1.165) is 0 Å². The van der Waals surface area contributed by atoms with Crippen molar-refractivity contribution >= 4 is 10.8 Å². The molecule has 0 N–H and O–H groups in total. The van der Waals surface area contributed by atoms with E-state index in [9.17, 15) is 4.21 Å². The van der Waals surface area contributed by atoms with Gasteiger partial charge in [0.05, 0.1) is 6.07 Å². The molecule has 2 nitrogen and oxygen atoms in total. The Labute approximate surface area is 71.1 Å². The fourth-order valence-corrected chi connectivity index (χ4v) is 1.93. The molecule has 0 aromatic heterocycles. The zero-order valence-electron chi connectivity index (χ0n) is 7.50. The van der Waals surface area contributed by atoms with E-state index < -0.39 is 10.8 Å². The summed E-state index contributed by atoms with van der Waals surface area (Å²) in [5.41, 5.74) is 0. The molecule has 0 saturated carbocycles. The summed E-state index contributed by atoms with van der Waals surface area (Å²) in [5.74, 6) is 0.381. The van der Waals surface area contributed by atoms with Crippen LogP contribution in [0.4, 0.5) is 0 Å². The van der Waals surface area contributed by atoms with Crippen LogP contribution in [0.1, 0.15) is 27.7 Å². The number of hydrogen-bond donors (Lipinski definition) is 0. The van der Waals surface area contributed by atoms with E-state index in [4.69, 9.17) is 5.26 Å². The third-order valence-corrected chi connectivity index (χ3v) is 3.92. The second-order valence-corrected chi connectivity index (χ2v) is 5.16. The molecular weight excluding hydrogens is 158 g/mol. The summed E-state index contributed by atoms with van der Waals surface area (Å²) in [5, 5.41) is 8.27. The Hall–Kier alpha value is -0.360. The Morgan fingerprint density at radius 3 is 2.00 bits per heavy atom. The number of hydrogen-bond acceptors (Lipinski definition) is 2. The van der Waals surface area contributed by atoms with Gasteiger partial charge < -0.3 is 0 Å². The van der Waals surface area contributed by atoms with E-state index in [-0.39, 0.29) is 10.5 Å². The molecule has 3 unspecified atom stereocenters. The van der Waals surface area contributed by atoms with Crippen molar-refractivity contribution in [2.45, 2.75) is 38.2 Å². The molecule has 0 heterocycles. The minimum Gasteiger partial charge on any atom is -0.258 e. The van der Waals surface area contributed by atoms with Gasteiger partial charge in [-0.05, 0) is 12.8 Å². The summed E-state index contributed by atoms with van der Waals surface area (Å²) in [4.78, 5) is 0. The molecule has 3 atom stereocenters. The number of nitriles is 1. The Bertz CT molecular complexity index is 183. The fraction of sp³-hybridized carbons (Fsp3) is 0.875. The highest BCUT2D eigenvalue weighted by atomic mass is 32.2. The molecule has 0 aromatic carbocycles. The van der Waals surface area contributed by atoms with Gasteiger partial charge in [0.2, 0.25) is 0 Å². The summed E-state index contributed by atoms with van der Waals surface area (Å²) in [6.45, 7) is 7.67. The first-order valence-electron chi connectivity index (χ1n) is 3.79. The normalized spacial score (nSPS) is 18.9. The van der Waals surface area contributed by atoms with E-state index in [2.05, 4.69) is 0 Å². The molecule has 0 fully saturated rings. The van der Waals surface area contributed by atoms with E-state index in [0.29, 0.717) is 5.92 Å². The molecule has 3 heteroatoms. The molecule has 11 heavy (non-hydrogen) atoms. The van der Waals surface area contributed by atoms with E-state index in [1.807, 2.05) is 26.8 Å². The molecule has 0 spiro atoms. The van der Waals surface area contributed by atoms with Gasteiger partial charge in [-0.1, -0.05) is 20.8 Å². The van der Waals surface area contributed by atoms with Crippen LogP contribution in [0.25, 0.3) is 0 Å². The Kier molecular flexibility index (Phi) is 4.36. The third-order valence-electron chi connectivity index (χ3n) is 1.84. The van der Waals surface area contributed by atoms with Crippen molar-refractivity contribution in [1.29, 1.82) is 5.26 Å². The lowest BCUT2D eigenvalue weighted by atomic mass is 10.2.